The van der Waals surface area contributed by atoms with Gasteiger partial charge in [0.25, 0.3) is 11.5 Å². The van der Waals surface area contributed by atoms with Gasteiger partial charge in [0.2, 0.25) is 0 Å². The van der Waals surface area contributed by atoms with Gasteiger partial charge in [-0.1, -0.05) is 25.4 Å². The van der Waals surface area contributed by atoms with Crippen molar-refractivity contribution < 1.29 is 4.79 Å². The van der Waals surface area contributed by atoms with Gasteiger partial charge < -0.3 is 20.5 Å². The Hall–Kier alpha value is -2.31. The lowest BCUT2D eigenvalue weighted by atomic mass is 9.81. The highest BCUT2D eigenvalue weighted by Crippen LogP contribution is 2.32. The van der Waals surface area contributed by atoms with Crippen LogP contribution in [0.25, 0.3) is 0 Å². The predicted molar refractivity (Wildman–Crippen MR) is 146 cm³/mol. The van der Waals surface area contributed by atoms with Gasteiger partial charge in [-0.25, -0.2) is 0 Å². The zero-order valence-electron chi connectivity index (χ0n) is 22.1. The van der Waals surface area contributed by atoms with E-state index >= 15 is 0 Å². The van der Waals surface area contributed by atoms with E-state index in [1.165, 1.54) is 25.7 Å². The molecule has 1 atom stereocenters. The smallest absolute Gasteiger partial charge is 0.253 e. The summed E-state index contributed by atoms with van der Waals surface area (Å²) >= 11 is 6.43. The summed E-state index contributed by atoms with van der Waals surface area (Å²) in [5.41, 5.74) is 4.35. The molecule has 1 aliphatic carbocycles. The third-order valence-electron chi connectivity index (χ3n) is 7.70. The molecule has 1 saturated carbocycles. The number of anilines is 1. The molecule has 192 valence electrons. The van der Waals surface area contributed by atoms with Crippen LogP contribution in [0.2, 0.25) is 5.02 Å². The fourth-order valence-corrected chi connectivity index (χ4v) is 5.72. The topological polar surface area (TPSA) is 77.2 Å². The van der Waals surface area contributed by atoms with Crippen molar-refractivity contribution in [3.8, 4) is 0 Å². The number of halogens is 1. The first-order chi connectivity index (χ1) is 16.6. The summed E-state index contributed by atoms with van der Waals surface area (Å²) in [4.78, 5) is 30.7. The normalized spacial score (nSPS) is 19.0. The molecular weight excluding hydrogens is 460 g/mol. The van der Waals surface area contributed by atoms with Crippen LogP contribution in [0.15, 0.2) is 23.0 Å². The largest absolute Gasteiger partial charge is 0.382 e. The number of amides is 1. The molecule has 6 nitrogen and oxygen atoms in total. The van der Waals surface area contributed by atoms with Crippen molar-refractivity contribution in [1.82, 2.24) is 15.2 Å². The lowest BCUT2D eigenvalue weighted by Crippen LogP contribution is -2.40. The number of pyridine rings is 1. The number of rotatable bonds is 9. The van der Waals surface area contributed by atoms with E-state index < -0.39 is 0 Å². The van der Waals surface area contributed by atoms with Crippen LogP contribution in [0.1, 0.15) is 79.2 Å². The van der Waals surface area contributed by atoms with Gasteiger partial charge in [0.1, 0.15) is 0 Å². The number of nitrogens with zero attached hydrogens (tertiary/aromatic N) is 1. The Morgan fingerprint density at radius 1 is 1.11 bits per heavy atom. The van der Waals surface area contributed by atoms with Crippen molar-refractivity contribution >= 4 is 23.2 Å². The first kappa shape index (κ1) is 27.3. The van der Waals surface area contributed by atoms with E-state index in [1.54, 1.807) is 6.07 Å². The van der Waals surface area contributed by atoms with Gasteiger partial charge >= 0.3 is 0 Å². The van der Waals surface area contributed by atoms with Gasteiger partial charge in [0.15, 0.2) is 0 Å². The first-order valence-corrected chi connectivity index (χ1v) is 13.3. The number of aryl methyl sites for hydroxylation is 2. The van der Waals surface area contributed by atoms with Crippen molar-refractivity contribution in [2.75, 3.05) is 18.4 Å². The molecule has 35 heavy (non-hydrogen) atoms. The minimum absolute atomic E-state index is 0.168. The Bertz CT molecular complexity index is 1090. The number of aromatic nitrogens is 1. The Balaban J connectivity index is 1.67. The van der Waals surface area contributed by atoms with Crippen molar-refractivity contribution in [2.24, 2.45) is 5.92 Å². The molecule has 1 heterocycles. The Morgan fingerprint density at radius 2 is 1.77 bits per heavy atom. The number of carbonyl (C=O) groups excluding carboxylic acids is 1. The van der Waals surface area contributed by atoms with E-state index in [-0.39, 0.29) is 24.1 Å². The summed E-state index contributed by atoms with van der Waals surface area (Å²) in [5, 5.41) is 7.08. The molecule has 0 bridgehead atoms. The highest BCUT2D eigenvalue weighted by molar-refractivity contribution is 6.31. The molecule has 0 radical (unpaired) electrons. The monoisotopic (exact) mass is 500 g/mol. The summed E-state index contributed by atoms with van der Waals surface area (Å²) < 4.78 is 0. The molecule has 0 saturated heterocycles. The Labute approximate surface area is 214 Å². The lowest BCUT2D eigenvalue weighted by Gasteiger charge is -2.38. The van der Waals surface area contributed by atoms with E-state index in [1.807, 2.05) is 32.9 Å². The van der Waals surface area contributed by atoms with E-state index in [2.05, 4.69) is 41.3 Å². The van der Waals surface area contributed by atoms with Crippen LogP contribution in [0.3, 0.4) is 0 Å². The average molecular weight is 501 g/mol. The summed E-state index contributed by atoms with van der Waals surface area (Å²) in [7, 11) is 0. The van der Waals surface area contributed by atoms with Crippen LogP contribution in [-0.4, -0.2) is 41.0 Å². The van der Waals surface area contributed by atoms with Gasteiger partial charge in [-0.3, -0.25) is 9.59 Å². The summed E-state index contributed by atoms with van der Waals surface area (Å²) in [5.74, 6) is 0.355. The third-order valence-corrected chi connectivity index (χ3v) is 7.92. The minimum atomic E-state index is -0.236. The van der Waals surface area contributed by atoms with Crippen molar-refractivity contribution in [2.45, 2.75) is 85.9 Å². The van der Waals surface area contributed by atoms with Gasteiger partial charge in [0, 0.05) is 46.2 Å². The van der Waals surface area contributed by atoms with Crippen LogP contribution in [0.4, 0.5) is 5.69 Å². The van der Waals surface area contributed by atoms with Crippen molar-refractivity contribution in [3.05, 3.63) is 61.5 Å². The SMILES string of the molecule is CCN(CC)[C@H]1CC[C@H](C(C)Nc2cc(Cl)cc(C(=O)NCc3c(C)cc(C)[nH]c3=O)c2C)CC1. The van der Waals surface area contributed by atoms with Crippen LogP contribution in [0.5, 0.6) is 0 Å². The van der Waals surface area contributed by atoms with Crippen molar-refractivity contribution in [3.63, 3.8) is 0 Å². The number of aromatic amines is 1. The van der Waals surface area contributed by atoms with Crippen molar-refractivity contribution in [1.29, 1.82) is 0 Å². The third kappa shape index (κ3) is 6.68. The number of carbonyl (C=O) groups is 1. The Morgan fingerprint density at radius 3 is 2.37 bits per heavy atom. The van der Waals surface area contributed by atoms with E-state index in [0.29, 0.717) is 28.1 Å². The number of hydrogen-bond acceptors (Lipinski definition) is 4. The van der Waals surface area contributed by atoms with Crippen LogP contribution < -0.4 is 16.2 Å². The highest BCUT2D eigenvalue weighted by Gasteiger charge is 2.28. The zero-order valence-corrected chi connectivity index (χ0v) is 22.8. The molecule has 0 spiro atoms. The second kappa shape index (κ2) is 12.1. The van der Waals surface area contributed by atoms with Crippen LogP contribution in [-0.2, 0) is 6.54 Å². The number of nitrogens with one attached hydrogen (secondary N) is 3. The molecule has 1 fully saturated rings. The fraction of sp³-hybridized carbons (Fsp3) is 0.571. The number of H-pyrrole nitrogens is 1. The maximum absolute atomic E-state index is 13.1. The molecule has 1 unspecified atom stereocenters. The number of hydrogen-bond donors (Lipinski definition) is 3. The highest BCUT2D eigenvalue weighted by atomic mass is 35.5. The molecule has 3 N–H and O–H groups in total. The van der Waals surface area contributed by atoms with Gasteiger partial charge in [-0.2, -0.15) is 0 Å². The maximum atomic E-state index is 13.1. The zero-order chi connectivity index (χ0) is 25.7. The molecule has 0 aliphatic heterocycles. The summed E-state index contributed by atoms with van der Waals surface area (Å²) in [6.45, 7) is 14.8. The Kier molecular flexibility index (Phi) is 9.42. The molecule has 1 aromatic heterocycles. The van der Waals surface area contributed by atoms with Gasteiger partial charge in [0.05, 0.1) is 0 Å². The molecule has 3 rings (SSSR count). The summed E-state index contributed by atoms with van der Waals surface area (Å²) in [6, 6.07) is 6.49. The molecule has 1 aliphatic rings. The van der Waals surface area contributed by atoms with E-state index in [0.717, 1.165) is 35.6 Å². The van der Waals surface area contributed by atoms with E-state index in [9.17, 15) is 9.59 Å². The van der Waals surface area contributed by atoms with Gasteiger partial charge in [-0.15, -0.1) is 0 Å². The summed E-state index contributed by atoms with van der Waals surface area (Å²) in [6.07, 6.45) is 4.87. The predicted octanol–water partition coefficient (Wildman–Crippen LogP) is 5.58. The number of benzene rings is 1. The standard InChI is InChI=1S/C28H41ClN4O2/c1-7-33(8-2)23-11-9-21(10-12-23)20(6)32-26-15-22(29)14-24(19(26)5)27(34)30-16-25-17(3)13-18(4)31-28(25)35/h13-15,20-21,23,32H,7-12,16H2,1-6H3,(H,30,34)(H,31,35)/t20?,21-,23-. The second-order valence-electron chi connectivity index (χ2n) is 9.97. The molecule has 1 aromatic carbocycles. The lowest BCUT2D eigenvalue weighted by molar-refractivity contribution is 0.0950. The fourth-order valence-electron chi connectivity index (χ4n) is 5.50. The minimum Gasteiger partial charge on any atom is -0.382 e. The first-order valence-electron chi connectivity index (χ1n) is 12.9. The van der Waals surface area contributed by atoms with Crippen LogP contribution >= 0.6 is 11.6 Å². The van der Waals surface area contributed by atoms with E-state index in [4.69, 9.17) is 11.6 Å². The molecule has 1 amide bonds. The maximum Gasteiger partial charge on any atom is 0.253 e. The quantitative estimate of drug-likeness (QED) is 0.419. The average Bonchev–Trinajstić information content (AvgIpc) is 2.81. The molecule has 7 heteroatoms. The second-order valence-corrected chi connectivity index (χ2v) is 10.4. The van der Waals surface area contributed by atoms with Crippen LogP contribution in [0, 0.1) is 26.7 Å². The van der Waals surface area contributed by atoms with Gasteiger partial charge in [-0.05, 0) is 102 Å². The molecule has 2 aromatic rings. The molecular formula is C28H41ClN4O2.